The highest BCUT2D eigenvalue weighted by Crippen LogP contribution is 2.35. The molecule has 0 radical (unpaired) electrons. The largest absolute Gasteiger partial charge is 0.396 e. The van der Waals surface area contributed by atoms with Crippen molar-refractivity contribution in [1.82, 2.24) is 5.32 Å². The van der Waals surface area contributed by atoms with Gasteiger partial charge in [0.15, 0.2) is 0 Å². The van der Waals surface area contributed by atoms with Gasteiger partial charge in [0.2, 0.25) is 0 Å². The third kappa shape index (κ3) is 6.99. The van der Waals surface area contributed by atoms with Crippen molar-refractivity contribution < 1.29 is 19.7 Å². The molecule has 1 aliphatic rings. The van der Waals surface area contributed by atoms with Crippen molar-refractivity contribution in [3.8, 4) is 0 Å². The molecule has 3 N–H and O–H groups in total. The topological polar surface area (TPSA) is 71.0 Å². The maximum atomic E-state index is 9.80. The molecule has 1 rings (SSSR count). The molecule has 5 heteroatoms. The Bertz CT molecular complexity index is 232. The molecule has 0 aromatic heterocycles. The van der Waals surface area contributed by atoms with E-state index >= 15 is 0 Å². The number of hydrogen-bond donors (Lipinski definition) is 3. The molecule has 0 spiro atoms. The molecule has 0 aromatic carbocycles. The van der Waals surface area contributed by atoms with Crippen molar-refractivity contribution >= 4 is 0 Å². The normalized spacial score (nSPS) is 19.9. The van der Waals surface area contributed by atoms with Crippen molar-refractivity contribution in [3.63, 3.8) is 0 Å². The molecular weight excluding hydrogens is 258 g/mol. The van der Waals surface area contributed by atoms with E-state index in [-0.39, 0.29) is 12.0 Å². The molecule has 120 valence electrons. The van der Waals surface area contributed by atoms with Crippen LogP contribution < -0.4 is 5.32 Å². The molecule has 0 aliphatic heterocycles. The third-order valence-electron chi connectivity index (χ3n) is 4.02. The zero-order chi connectivity index (χ0) is 14.7. The fourth-order valence-corrected chi connectivity index (χ4v) is 2.74. The number of rotatable bonds is 11. The van der Waals surface area contributed by atoms with Gasteiger partial charge in [0.25, 0.3) is 0 Å². The average Bonchev–Trinajstić information content (AvgIpc) is 2.48. The maximum absolute atomic E-state index is 9.80. The Balaban J connectivity index is 2.06. The van der Waals surface area contributed by atoms with Gasteiger partial charge in [-0.25, -0.2) is 0 Å². The Kier molecular flexibility index (Phi) is 9.39. The Morgan fingerprint density at radius 2 is 1.85 bits per heavy atom. The molecule has 1 unspecified atom stereocenters. The molecule has 1 fully saturated rings. The lowest BCUT2D eigenvalue weighted by Crippen LogP contribution is -2.42. The summed E-state index contributed by atoms with van der Waals surface area (Å²) < 4.78 is 10.5. The van der Waals surface area contributed by atoms with Gasteiger partial charge >= 0.3 is 0 Å². The van der Waals surface area contributed by atoms with Gasteiger partial charge in [0, 0.05) is 31.7 Å². The van der Waals surface area contributed by atoms with E-state index in [0.29, 0.717) is 33.0 Å². The smallest absolute Gasteiger partial charge is 0.0897 e. The molecule has 1 aliphatic carbocycles. The zero-order valence-electron chi connectivity index (χ0n) is 12.8. The van der Waals surface area contributed by atoms with Crippen LogP contribution in [0.5, 0.6) is 0 Å². The highest BCUT2D eigenvalue weighted by molar-refractivity contribution is 4.84. The molecule has 0 heterocycles. The minimum atomic E-state index is -0.504. The van der Waals surface area contributed by atoms with E-state index in [1.165, 1.54) is 19.3 Å². The number of aliphatic hydroxyl groups excluding tert-OH is 2. The van der Waals surface area contributed by atoms with Gasteiger partial charge in [-0.05, 0) is 19.8 Å². The van der Waals surface area contributed by atoms with Gasteiger partial charge in [-0.2, -0.15) is 0 Å². The monoisotopic (exact) mass is 289 g/mol. The van der Waals surface area contributed by atoms with Gasteiger partial charge in [0.1, 0.15) is 0 Å². The van der Waals surface area contributed by atoms with Gasteiger partial charge in [-0.15, -0.1) is 0 Å². The fourth-order valence-electron chi connectivity index (χ4n) is 2.74. The van der Waals surface area contributed by atoms with Crippen molar-refractivity contribution in [1.29, 1.82) is 0 Å². The van der Waals surface area contributed by atoms with Crippen LogP contribution in [0, 0.1) is 5.41 Å². The molecule has 0 saturated heterocycles. The quantitative estimate of drug-likeness (QED) is 0.494. The average molecular weight is 289 g/mol. The molecule has 0 aromatic rings. The van der Waals surface area contributed by atoms with Gasteiger partial charge < -0.3 is 25.0 Å². The summed E-state index contributed by atoms with van der Waals surface area (Å²) in [5.41, 5.74) is 0.0216. The van der Waals surface area contributed by atoms with Crippen molar-refractivity contribution in [3.05, 3.63) is 0 Å². The second-order valence-corrected chi connectivity index (χ2v) is 5.78. The second-order valence-electron chi connectivity index (χ2n) is 5.78. The fraction of sp³-hybridized carbons (Fsp3) is 1.00. The highest BCUT2D eigenvalue weighted by atomic mass is 16.5. The van der Waals surface area contributed by atoms with E-state index in [4.69, 9.17) is 9.47 Å². The van der Waals surface area contributed by atoms with Crippen LogP contribution in [0.3, 0.4) is 0 Å². The van der Waals surface area contributed by atoms with Crippen molar-refractivity contribution in [2.45, 2.75) is 45.1 Å². The summed E-state index contributed by atoms with van der Waals surface area (Å²) in [6.45, 7) is 5.58. The molecule has 20 heavy (non-hydrogen) atoms. The maximum Gasteiger partial charge on any atom is 0.0897 e. The van der Waals surface area contributed by atoms with Crippen LogP contribution in [0.25, 0.3) is 0 Å². The minimum absolute atomic E-state index is 0.0216. The van der Waals surface area contributed by atoms with Crippen LogP contribution in [0.4, 0.5) is 0 Å². The first-order valence-corrected chi connectivity index (χ1v) is 7.87. The lowest BCUT2D eigenvalue weighted by atomic mass is 9.74. The lowest BCUT2D eigenvalue weighted by molar-refractivity contribution is 0.00416. The number of nitrogens with one attached hydrogen (secondary N) is 1. The Labute approximate surface area is 122 Å². The van der Waals surface area contributed by atoms with Gasteiger partial charge in [0.05, 0.1) is 25.9 Å². The summed E-state index contributed by atoms with van der Waals surface area (Å²) in [7, 11) is 0. The lowest BCUT2D eigenvalue weighted by Gasteiger charge is -2.36. The second kappa shape index (κ2) is 10.5. The number of aliphatic hydroxyl groups is 2. The molecule has 1 saturated carbocycles. The highest BCUT2D eigenvalue weighted by Gasteiger charge is 2.30. The summed E-state index contributed by atoms with van der Waals surface area (Å²) in [5, 5.41) is 22.7. The SMILES string of the molecule is CCOCCOCC(O)CNCC1(CO)CCCCC1. The van der Waals surface area contributed by atoms with E-state index in [1.54, 1.807) is 0 Å². The van der Waals surface area contributed by atoms with E-state index < -0.39 is 6.10 Å². The van der Waals surface area contributed by atoms with Gasteiger partial charge in [-0.3, -0.25) is 0 Å². The minimum Gasteiger partial charge on any atom is -0.396 e. The van der Waals surface area contributed by atoms with E-state index in [0.717, 1.165) is 19.4 Å². The standard InChI is InChI=1S/C15H31NO4/c1-2-19-8-9-20-11-14(18)10-16-12-15(13-17)6-4-3-5-7-15/h14,16-18H,2-13H2,1H3. The molecule has 5 nitrogen and oxygen atoms in total. The summed E-state index contributed by atoms with van der Waals surface area (Å²) in [6, 6.07) is 0. The third-order valence-corrected chi connectivity index (χ3v) is 4.02. The summed E-state index contributed by atoms with van der Waals surface area (Å²) in [4.78, 5) is 0. The summed E-state index contributed by atoms with van der Waals surface area (Å²) >= 11 is 0. The number of hydrogen-bond acceptors (Lipinski definition) is 5. The molecule has 0 bridgehead atoms. The van der Waals surface area contributed by atoms with E-state index in [9.17, 15) is 10.2 Å². The molecular formula is C15H31NO4. The van der Waals surface area contributed by atoms with Crippen LogP contribution in [0.2, 0.25) is 0 Å². The predicted molar refractivity (Wildman–Crippen MR) is 78.8 cm³/mol. The van der Waals surface area contributed by atoms with E-state index in [2.05, 4.69) is 5.32 Å². The first-order chi connectivity index (χ1) is 9.72. The van der Waals surface area contributed by atoms with E-state index in [1.807, 2.05) is 6.92 Å². The predicted octanol–water partition coefficient (Wildman–Crippen LogP) is 0.933. The van der Waals surface area contributed by atoms with Gasteiger partial charge in [-0.1, -0.05) is 19.3 Å². The zero-order valence-corrected chi connectivity index (χ0v) is 12.8. The first-order valence-electron chi connectivity index (χ1n) is 7.87. The van der Waals surface area contributed by atoms with Crippen LogP contribution in [0.1, 0.15) is 39.0 Å². The Hall–Kier alpha value is -0.200. The van der Waals surface area contributed by atoms with Crippen LogP contribution in [-0.2, 0) is 9.47 Å². The van der Waals surface area contributed by atoms with Crippen molar-refractivity contribution in [2.75, 3.05) is 46.1 Å². The Morgan fingerprint density at radius 1 is 1.15 bits per heavy atom. The Morgan fingerprint density at radius 3 is 2.50 bits per heavy atom. The van der Waals surface area contributed by atoms with Crippen LogP contribution in [0.15, 0.2) is 0 Å². The molecule has 0 amide bonds. The van der Waals surface area contributed by atoms with Crippen LogP contribution in [-0.4, -0.2) is 62.4 Å². The summed E-state index contributed by atoms with van der Waals surface area (Å²) in [5.74, 6) is 0. The first kappa shape index (κ1) is 17.9. The number of ether oxygens (including phenoxy) is 2. The summed E-state index contributed by atoms with van der Waals surface area (Å²) in [6.07, 6.45) is 5.33. The molecule has 1 atom stereocenters. The van der Waals surface area contributed by atoms with Crippen molar-refractivity contribution in [2.24, 2.45) is 5.41 Å². The van der Waals surface area contributed by atoms with Crippen LogP contribution >= 0.6 is 0 Å².